The molecule has 78 valence electrons. The van der Waals surface area contributed by atoms with Crippen LogP contribution in [0.25, 0.3) is 0 Å². The molecule has 0 saturated carbocycles. The molecule has 0 spiro atoms. The van der Waals surface area contributed by atoms with Crippen molar-refractivity contribution in [3.8, 4) is 0 Å². The largest absolute Gasteiger partial charge is 0.252 e. The van der Waals surface area contributed by atoms with Crippen LogP contribution in [-0.4, -0.2) is 15.0 Å². The molecule has 0 radical (unpaired) electrons. The van der Waals surface area contributed by atoms with Gasteiger partial charge < -0.3 is 0 Å². The highest BCUT2D eigenvalue weighted by Gasteiger charge is 2.00. The fourth-order valence-corrected chi connectivity index (χ4v) is 2.03. The van der Waals surface area contributed by atoms with Crippen LogP contribution in [0.1, 0.15) is 12.5 Å². The Balaban J connectivity index is 1.93. The summed E-state index contributed by atoms with van der Waals surface area (Å²) in [6.45, 7) is 2.93. The first kappa shape index (κ1) is 10.2. The van der Waals surface area contributed by atoms with Gasteiger partial charge in [0.25, 0.3) is 0 Å². The third kappa shape index (κ3) is 2.83. The standard InChI is InChI=1S/C11H13N3S/c1-2-14-8-11(12-13-14)15-9-10-6-4-3-5-7-10/h3-8H,2,9H2,1H3. The van der Waals surface area contributed by atoms with Gasteiger partial charge in [0, 0.05) is 12.3 Å². The molecule has 0 aliphatic carbocycles. The minimum Gasteiger partial charge on any atom is -0.252 e. The van der Waals surface area contributed by atoms with E-state index in [1.54, 1.807) is 11.8 Å². The summed E-state index contributed by atoms with van der Waals surface area (Å²) in [5.74, 6) is 0.948. The van der Waals surface area contributed by atoms with Gasteiger partial charge in [-0.1, -0.05) is 47.3 Å². The Bertz CT molecular complexity index is 411. The second-order valence-electron chi connectivity index (χ2n) is 3.19. The van der Waals surface area contributed by atoms with Crippen molar-refractivity contribution in [3.05, 3.63) is 42.1 Å². The normalized spacial score (nSPS) is 10.5. The fourth-order valence-electron chi connectivity index (χ4n) is 1.23. The molecule has 1 aromatic heterocycles. The number of aromatic nitrogens is 3. The van der Waals surface area contributed by atoms with E-state index in [0.717, 1.165) is 17.3 Å². The van der Waals surface area contributed by atoms with Gasteiger partial charge in [-0.3, -0.25) is 4.68 Å². The molecule has 0 unspecified atom stereocenters. The highest BCUT2D eigenvalue weighted by atomic mass is 32.2. The van der Waals surface area contributed by atoms with Crippen molar-refractivity contribution in [2.75, 3.05) is 0 Å². The lowest BCUT2D eigenvalue weighted by Crippen LogP contribution is -1.93. The molecule has 0 aliphatic heterocycles. The molecule has 15 heavy (non-hydrogen) atoms. The first-order valence-electron chi connectivity index (χ1n) is 4.95. The molecular weight excluding hydrogens is 206 g/mol. The summed E-state index contributed by atoms with van der Waals surface area (Å²) in [7, 11) is 0. The molecule has 0 saturated heterocycles. The van der Waals surface area contributed by atoms with Crippen LogP contribution in [0.3, 0.4) is 0 Å². The summed E-state index contributed by atoms with van der Waals surface area (Å²) in [5, 5.41) is 9.06. The van der Waals surface area contributed by atoms with Crippen LogP contribution < -0.4 is 0 Å². The molecule has 0 amide bonds. The van der Waals surface area contributed by atoms with E-state index < -0.39 is 0 Å². The van der Waals surface area contributed by atoms with E-state index in [0.29, 0.717) is 0 Å². The second-order valence-corrected chi connectivity index (χ2v) is 4.18. The summed E-state index contributed by atoms with van der Waals surface area (Å²) in [5.41, 5.74) is 1.31. The van der Waals surface area contributed by atoms with E-state index in [2.05, 4.69) is 41.5 Å². The lowest BCUT2D eigenvalue weighted by Gasteiger charge is -1.96. The van der Waals surface area contributed by atoms with Crippen molar-refractivity contribution in [2.24, 2.45) is 0 Å². The van der Waals surface area contributed by atoms with Crippen molar-refractivity contribution in [2.45, 2.75) is 24.2 Å². The Labute approximate surface area is 93.5 Å². The van der Waals surface area contributed by atoms with Crippen molar-refractivity contribution >= 4 is 11.8 Å². The van der Waals surface area contributed by atoms with Gasteiger partial charge in [0.1, 0.15) is 5.03 Å². The minimum absolute atomic E-state index is 0.874. The highest BCUT2D eigenvalue weighted by Crippen LogP contribution is 2.19. The molecule has 1 aromatic carbocycles. The van der Waals surface area contributed by atoms with E-state index in [4.69, 9.17) is 0 Å². The molecular formula is C11H13N3S. The quantitative estimate of drug-likeness (QED) is 0.740. The van der Waals surface area contributed by atoms with Crippen LogP contribution in [0.5, 0.6) is 0 Å². The van der Waals surface area contributed by atoms with E-state index in [1.807, 2.05) is 16.9 Å². The Morgan fingerprint density at radius 2 is 2.07 bits per heavy atom. The average Bonchev–Trinajstić information content (AvgIpc) is 2.76. The number of benzene rings is 1. The smallest absolute Gasteiger partial charge is 0.139 e. The van der Waals surface area contributed by atoms with Crippen molar-refractivity contribution in [1.82, 2.24) is 15.0 Å². The third-order valence-electron chi connectivity index (χ3n) is 2.07. The first-order chi connectivity index (χ1) is 7.38. The number of rotatable bonds is 4. The number of hydrogen-bond donors (Lipinski definition) is 0. The van der Waals surface area contributed by atoms with E-state index in [9.17, 15) is 0 Å². The van der Waals surface area contributed by atoms with E-state index in [-0.39, 0.29) is 0 Å². The summed E-state index contributed by atoms with van der Waals surface area (Å²) >= 11 is 1.72. The van der Waals surface area contributed by atoms with Gasteiger partial charge in [0.05, 0.1) is 6.20 Å². The topological polar surface area (TPSA) is 30.7 Å². The van der Waals surface area contributed by atoms with Crippen LogP contribution in [0.15, 0.2) is 41.6 Å². The predicted octanol–water partition coefficient (Wildman–Crippen LogP) is 2.59. The maximum Gasteiger partial charge on any atom is 0.139 e. The van der Waals surface area contributed by atoms with Gasteiger partial charge in [0.15, 0.2) is 0 Å². The van der Waals surface area contributed by atoms with Gasteiger partial charge >= 0.3 is 0 Å². The Hall–Kier alpha value is -1.29. The summed E-state index contributed by atoms with van der Waals surface area (Å²) in [4.78, 5) is 0. The molecule has 2 rings (SSSR count). The van der Waals surface area contributed by atoms with Gasteiger partial charge in [0.2, 0.25) is 0 Å². The number of aryl methyl sites for hydroxylation is 1. The molecule has 0 aliphatic rings. The number of thioether (sulfide) groups is 1. The van der Waals surface area contributed by atoms with Crippen LogP contribution in [0.2, 0.25) is 0 Å². The van der Waals surface area contributed by atoms with E-state index >= 15 is 0 Å². The van der Waals surface area contributed by atoms with Crippen molar-refractivity contribution in [1.29, 1.82) is 0 Å². The highest BCUT2D eigenvalue weighted by molar-refractivity contribution is 7.98. The Morgan fingerprint density at radius 3 is 2.73 bits per heavy atom. The van der Waals surface area contributed by atoms with Crippen LogP contribution in [-0.2, 0) is 12.3 Å². The van der Waals surface area contributed by atoms with Gasteiger partial charge in [-0.05, 0) is 12.5 Å². The SMILES string of the molecule is CCn1cc(SCc2ccccc2)nn1. The second kappa shape index (κ2) is 4.98. The molecule has 0 bridgehead atoms. The maximum absolute atomic E-state index is 4.08. The molecule has 0 N–H and O–H groups in total. The zero-order valence-corrected chi connectivity index (χ0v) is 9.44. The zero-order chi connectivity index (χ0) is 10.5. The van der Waals surface area contributed by atoms with Crippen LogP contribution in [0.4, 0.5) is 0 Å². The van der Waals surface area contributed by atoms with Gasteiger partial charge in [-0.25, -0.2) is 0 Å². The molecule has 1 heterocycles. The zero-order valence-electron chi connectivity index (χ0n) is 8.63. The monoisotopic (exact) mass is 219 g/mol. The van der Waals surface area contributed by atoms with E-state index in [1.165, 1.54) is 5.56 Å². The van der Waals surface area contributed by atoms with Crippen LogP contribution in [0, 0.1) is 0 Å². The summed E-state index contributed by atoms with van der Waals surface area (Å²) in [6.07, 6.45) is 1.98. The minimum atomic E-state index is 0.874. The molecule has 0 fully saturated rings. The van der Waals surface area contributed by atoms with Crippen molar-refractivity contribution in [3.63, 3.8) is 0 Å². The fraction of sp³-hybridized carbons (Fsp3) is 0.273. The molecule has 4 heteroatoms. The number of hydrogen-bond acceptors (Lipinski definition) is 3. The third-order valence-corrected chi connectivity index (χ3v) is 3.03. The van der Waals surface area contributed by atoms with Gasteiger partial charge in [-0.2, -0.15) is 0 Å². The lowest BCUT2D eigenvalue weighted by molar-refractivity contribution is 0.626. The molecule has 3 nitrogen and oxygen atoms in total. The Kier molecular flexibility index (Phi) is 3.40. The number of nitrogens with zero attached hydrogens (tertiary/aromatic N) is 3. The first-order valence-corrected chi connectivity index (χ1v) is 5.94. The summed E-state index contributed by atoms with van der Waals surface area (Å²) < 4.78 is 1.84. The maximum atomic E-state index is 4.08. The predicted molar refractivity (Wildman–Crippen MR) is 61.7 cm³/mol. The summed E-state index contributed by atoms with van der Waals surface area (Å²) in [6, 6.07) is 10.4. The van der Waals surface area contributed by atoms with Crippen molar-refractivity contribution < 1.29 is 0 Å². The molecule has 2 aromatic rings. The van der Waals surface area contributed by atoms with Crippen LogP contribution >= 0.6 is 11.8 Å². The molecule has 0 atom stereocenters. The van der Waals surface area contributed by atoms with Gasteiger partial charge in [-0.15, -0.1) is 5.10 Å². The lowest BCUT2D eigenvalue weighted by atomic mass is 10.2. The average molecular weight is 219 g/mol. The Morgan fingerprint density at radius 1 is 1.27 bits per heavy atom.